The van der Waals surface area contributed by atoms with Crippen molar-refractivity contribution in [3.8, 4) is 5.75 Å². The van der Waals surface area contributed by atoms with Gasteiger partial charge in [-0.3, -0.25) is 19.5 Å². The second kappa shape index (κ2) is 9.06. The Hall–Kier alpha value is -3.93. The molecule has 3 aromatic rings. The van der Waals surface area contributed by atoms with E-state index < -0.39 is 0 Å². The second-order valence-corrected chi connectivity index (χ2v) is 7.66. The SMILES string of the molecule is CCOc1ccccc1NC1=C(c2ccc(C)c(C)c2)C(=O)N(Cc2ccncc2)C1=O. The number of carbonyl (C=O) groups excluding carboxylic acids is 2. The van der Waals surface area contributed by atoms with Gasteiger partial charge in [-0.15, -0.1) is 0 Å². The highest BCUT2D eigenvalue weighted by Crippen LogP contribution is 2.34. The Morgan fingerprint density at radius 2 is 1.69 bits per heavy atom. The molecule has 6 heteroatoms. The van der Waals surface area contributed by atoms with E-state index in [1.807, 2.05) is 63.2 Å². The van der Waals surface area contributed by atoms with Crippen LogP contribution in [-0.2, 0) is 16.1 Å². The molecule has 0 atom stereocenters. The Morgan fingerprint density at radius 3 is 2.41 bits per heavy atom. The molecule has 4 rings (SSSR count). The lowest BCUT2D eigenvalue weighted by atomic mass is 9.99. The molecular weight excluding hydrogens is 402 g/mol. The average molecular weight is 428 g/mol. The minimum absolute atomic E-state index is 0.173. The monoisotopic (exact) mass is 427 g/mol. The van der Waals surface area contributed by atoms with Crippen LogP contribution in [0.25, 0.3) is 5.57 Å². The third kappa shape index (κ3) is 4.12. The quantitative estimate of drug-likeness (QED) is 0.563. The molecule has 0 unspecified atom stereocenters. The predicted octanol–water partition coefficient (Wildman–Crippen LogP) is 4.49. The third-order valence-corrected chi connectivity index (χ3v) is 5.50. The summed E-state index contributed by atoms with van der Waals surface area (Å²) >= 11 is 0. The van der Waals surface area contributed by atoms with E-state index in [0.717, 1.165) is 16.7 Å². The molecule has 0 fully saturated rings. The van der Waals surface area contributed by atoms with Gasteiger partial charge in [0.1, 0.15) is 11.4 Å². The smallest absolute Gasteiger partial charge is 0.278 e. The van der Waals surface area contributed by atoms with Crippen molar-refractivity contribution in [2.45, 2.75) is 27.3 Å². The fourth-order valence-corrected chi connectivity index (χ4v) is 3.66. The van der Waals surface area contributed by atoms with Crippen molar-refractivity contribution in [2.75, 3.05) is 11.9 Å². The predicted molar refractivity (Wildman–Crippen MR) is 124 cm³/mol. The summed E-state index contributed by atoms with van der Waals surface area (Å²) in [6.07, 6.45) is 3.30. The van der Waals surface area contributed by atoms with Crippen LogP contribution in [0.3, 0.4) is 0 Å². The third-order valence-electron chi connectivity index (χ3n) is 5.50. The maximum atomic E-state index is 13.5. The molecule has 0 saturated carbocycles. The zero-order chi connectivity index (χ0) is 22.7. The molecule has 6 nitrogen and oxygen atoms in total. The van der Waals surface area contributed by atoms with Crippen LogP contribution in [-0.4, -0.2) is 28.3 Å². The number of aryl methyl sites for hydroxylation is 2. The van der Waals surface area contributed by atoms with Crippen LogP contribution in [0.1, 0.15) is 29.2 Å². The number of nitrogens with one attached hydrogen (secondary N) is 1. The molecule has 0 saturated heterocycles. The highest BCUT2D eigenvalue weighted by Gasteiger charge is 2.39. The number of rotatable bonds is 7. The van der Waals surface area contributed by atoms with Crippen LogP contribution in [0.4, 0.5) is 5.69 Å². The van der Waals surface area contributed by atoms with E-state index in [-0.39, 0.29) is 24.1 Å². The first kappa shape index (κ1) is 21.3. The fraction of sp³-hybridized carbons (Fsp3) is 0.192. The molecule has 0 bridgehead atoms. The Kier molecular flexibility index (Phi) is 6.03. The zero-order valence-corrected chi connectivity index (χ0v) is 18.4. The summed E-state index contributed by atoms with van der Waals surface area (Å²) in [7, 11) is 0. The van der Waals surface area contributed by atoms with Gasteiger partial charge in [0.05, 0.1) is 24.4 Å². The average Bonchev–Trinajstić information content (AvgIpc) is 3.02. The fourth-order valence-electron chi connectivity index (χ4n) is 3.66. The number of para-hydroxylation sites is 2. The van der Waals surface area contributed by atoms with Gasteiger partial charge in [0.15, 0.2) is 0 Å². The highest BCUT2D eigenvalue weighted by atomic mass is 16.5. The van der Waals surface area contributed by atoms with Crippen molar-refractivity contribution < 1.29 is 14.3 Å². The number of benzene rings is 2. The largest absolute Gasteiger partial charge is 0.492 e. The van der Waals surface area contributed by atoms with Crippen LogP contribution in [0, 0.1) is 13.8 Å². The summed E-state index contributed by atoms with van der Waals surface area (Å²) in [5.41, 5.74) is 4.96. The molecule has 0 spiro atoms. The number of hydrogen-bond donors (Lipinski definition) is 1. The Balaban J connectivity index is 1.78. The lowest BCUT2D eigenvalue weighted by Crippen LogP contribution is -2.32. The summed E-state index contributed by atoms with van der Waals surface area (Å²) in [6.45, 7) is 6.57. The topological polar surface area (TPSA) is 71.5 Å². The lowest BCUT2D eigenvalue weighted by molar-refractivity contribution is -0.137. The lowest BCUT2D eigenvalue weighted by Gasteiger charge is -2.16. The number of carbonyl (C=O) groups is 2. The molecular formula is C26H25N3O3. The molecule has 2 heterocycles. The maximum Gasteiger partial charge on any atom is 0.278 e. The zero-order valence-electron chi connectivity index (χ0n) is 18.4. The first-order chi connectivity index (χ1) is 15.5. The molecule has 1 aliphatic rings. The number of ether oxygens (including phenoxy) is 1. The number of hydrogen-bond acceptors (Lipinski definition) is 5. The molecule has 1 aliphatic heterocycles. The van der Waals surface area contributed by atoms with E-state index >= 15 is 0 Å². The molecule has 0 aliphatic carbocycles. The highest BCUT2D eigenvalue weighted by molar-refractivity contribution is 6.36. The summed E-state index contributed by atoms with van der Waals surface area (Å²) in [5.74, 6) is -0.0763. The molecule has 1 N–H and O–H groups in total. The van der Waals surface area contributed by atoms with Gasteiger partial charge in [-0.1, -0.05) is 30.3 Å². The van der Waals surface area contributed by atoms with Crippen LogP contribution < -0.4 is 10.1 Å². The normalized spacial score (nSPS) is 13.7. The number of pyridine rings is 1. The van der Waals surface area contributed by atoms with Crippen LogP contribution in [0.5, 0.6) is 5.75 Å². The van der Waals surface area contributed by atoms with E-state index in [1.54, 1.807) is 24.5 Å². The Morgan fingerprint density at radius 1 is 0.938 bits per heavy atom. The first-order valence-corrected chi connectivity index (χ1v) is 10.6. The standard InChI is InChI=1S/C26H25N3O3/c1-4-32-22-8-6-5-7-21(22)28-24-23(20-10-9-17(2)18(3)15-20)25(30)29(26(24)31)16-19-11-13-27-14-12-19/h5-15,28H,4,16H2,1-3H3. The molecule has 2 amide bonds. The van der Waals surface area contributed by atoms with Crippen LogP contribution >= 0.6 is 0 Å². The van der Waals surface area contributed by atoms with Gasteiger partial charge in [-0.05, 0) is 67.3 Å². The van der Waals surface area contributed by atoms with Gasteiger partial charge in [0.2, 0.25) is 0 Å². The van der Waals surface area contributed by atoms with Crippen LogP contribution in [0.2, 0.25) is 0 Å². The van der Waals surface area contributed by atoms with Gasteiger partial charge in [-0.25, -0.2) is 0 Å². The maximum absolute atomic E-state index is 13.5. The van der Waals surface area contributed by atoms with E-state index in [4.69, 9.17) is 4.74 Å². The minimum Gasteiger partial charge on any atom is -0.492 e. The summed E-state index contributed by atoms with van der Waals surface area (Å²) in [6, 6.07) is 16.8. The number of aromatic nitrogens is 1. The molecule has 1 aromatic heterocycles. The number of amides is 2. The van der Waals surface area contributed by atoms with Gasteiger partial charge < -0.3 is 10.1 Å². The molecule has 0 radical (unpaired) electrons. The van der Waals surface area contributed by atoms with Gasteiger partial charge in [-0.2, -0.15) is 0 Å². The molecule has 32 heavy (non-hydrogen) atoms. The summed E-state index contributed by atoms with van der Waals surface area (Å²) in [5, 5.41) is 3.20. The van der Waals surface area contributed by atoms with Crippen molar-refractivity contribution in [2.24, 2.45) is 0 Å². The van der Waals surface area contributed by atoms with Gasteiger partial charge in [0, 0.05) is 12.4 Å². The number of anilines is 1. The first-order valence-electron chi connectivity index (χ1n) is 10.6. The van der Waals surface area contributed by atoms with Crippen molar-refractivity contribution in [1.82, 2.24) is 9.88 Å². The van der Waals surface area contributed by atoms with Crippen LogP contribution in [0.15, 0.2) is 72.7 Å². The number of imide groups is 1. The van der Waals surface area contributed by atoms with Gasteiger partial charge >= 0.3 is 0 Å². The Labute approximate surface area is 187 Å². The van der Waals surface area contributed by atoms with E-state index in [2.05, 4.69) is 10.3 Å². The van der Waals surface area contributed by atoms with Crippen molar-refractivity contribution in [3.63, 3.8) is 0 Å². The van der Waals surface area contributed by atoms with Crippen molar-refractivity contribution in [3.05, 3.63) is 94.9 Å². The molecule has 2 aromatic carbocycles. The van der Waals surface area contributed by atoms with E-state index in [0.29, 0.717) is 29.2 Å². The van der Waals surface area contributed by atoms with Crippen molar-refractivity contribution in [1.29, 1.82) is 0 Å². The van der Waals surface area contributed by atoms with Crippen molar-refractivity contribution >= 4 is 23.1 Å². The number of nitrogens with zero attached hydrogens (tertiary/aromatic N) is 2. The minimum atomic E-state index is -0.369. The summed E-state index contributed by atoms with van der Waals surface area (Å²) < 4.78 is 5.71. The van der Waals surface area contributed by atoms with Gasteiger partial charge in [0.25, 0.3) is 11.8 Å². The Bertz CT molecular complexity index is 1200. The molecule has 162 valence electrons. The van der Waals surface area contributed by atoms with E-state index in [9.17, 15) is 9.59 Å². The second-order valence-electron chi connectivity index (χ2n) is 7.66. The van der Waals surface area contributed by atoms with E-state index in [1.165, 1.54) is 4.90 Å². The summed E-state index contributed by atoms with van der Waals surface area (Å²) in [4.78, 5) is 32.2.